The summed E-state index contributed by atoms with van der Waals surface area (Å²) in [6, 6.07) is 21.1. The molecule has 1 unspecified atom stereocenters. The maximum atomic E-state index is 11.2. The van der Waals surface area contributed by atoms with Crippen LogP contribution in [0, 0.1) is 5.92 Å². The van der Waals surface area contributed by atoms with Crippen LogP contribution in [0.5, 0.6) is 5.75 Å². The van der Waals surface area contributed by atoms with Crippen LogP contribution >= 0.6 is 0 Å². The number of fused-ring (bicyclic) bond motifs is 1. The molecule has 1 heterocycles. The van der Waals surface area contributed by atoms with Crippen molar-refractivity contribution < 1.29 is 24.2 Å². The van der Waals surface area contributed by atoms with E-state index < -0.39 is 12.1 Å². The smallest absolute Gasteiger partial charge is 0.307 e. The van der Waals surface area contributed by atoms with Crippen molar-refractivity contribution in [2.75, 3.05) is 0 Å². The molecule has 6 nitrogen and oxygen atoms in total. The van der Waals surface area contributed by atoms with Crippen LogP contribution in [0.3, 0.4) is 0 Å². The summed E-state index contributed by atoms with van der Waals surface area (Å²) >= 11 is 0. The van der Waals surface area contributed by atoms with Crippen LogP contribution in [0.1, 0.15) is 41.4 Å². The summed E-state index contributed by atoms with van der Waals surface area (Å²) in [5.74, 6) is 0.491. The summed E-state index contributed by atoms with van der Waals surface area (Å²) in [6.07, 6.45) is 1.33. The lowest BCUT2D eigenvalue weighted by molar-refractivity contribution is -0.136. The molecule has 0 aliphatic heterocycles. The third kappa shape index (κ3) is 4.69. The summed E-state index contributed by atoms with van der Waals surface area (Å²) in [4.78, 5) is 11.2. The van der Waals surface area contributed by atoms with Crippen molar-refractivity contribution in [2.24, 2.45) is 11.7 Å². The molecule has 1 aliphatic rings. The van der Waals surface area contributed by atoms with Gasteiger partial charge in [-0.05, 0) is 65.8 Å². The van der Waals surface area contributed by atoms with Crippen molar-refractivity contribution in [3.05, 3.63) is 89.2 Å². The molecule has 4 N–H and O–H groups in total. The van der Waals surface area contributed by atoms with Gasteiger partial charge < -0.3 is 25.1 Å². The Hall–Kier alpha value is -3.61. The van der Waals surface area contributed by atoms with E-state index in [9.17, 15) is 15.0 Å². The Labute approximate surface area is 197 Å². The Kier molecular flexibility index (Phi) is 6.09. The molecule has 0 bridgehead atoms. The molecule has 34 heavy (non-hydrogen) atoms. The van der Waals surface area contributed by atoms with E-state index in [0.29, 0.717) is 23.6 Å². The van der Waals surface area contributed by atoms with Gasteiger partial charge in [-0.2, -0.15) is 0 Å². The Morgan fingerprint density at radius 2 is 1.88 bits per heavy atom. The first-order valence-electron chi connectivity index (χ1n) is 11.5. The van der Waals surface area contributed by atoms with Crippen molar-refractivity contribution in [3.8, 4) is 16.9 Å². The largest absolute Gasteiger partial charge is 0.489 e. The molecule has 1 aromatic heterocycles. The number of furan rings is 1. The molecule has 4 aromatic rings. The molecule has 0 saturated heterocycles. The van der Waals surface area contributed by atoms with Crippen LogP contribution in [0.25, 0.3) is 22.1 Å². The van der Waals surface area contributed by atoms with Crippen LogP contribution in [-0.2, 0) is 24.4 Å². The number of rotatable bonds is 9. The van der Waals surface area contributed by atoms with Crippen molar-refractivity contribution >= 4 is 16.9 Å². The third-order valence-corrected chi connectivity index (χ3v) is 6.24. The third-order valence-electron chi connectivity index (χ3n) is 6.24. The number of ether oxygens (including phenoxy) is 1. The fourth-order valence-corrected chi connectivity index (χ4v) is 4.30. The van der Waals surface area contributed by atoms with Crippen molar-refractivity contribution in [2.45, 2.75) is 38.5 Å². The van der Waals surface area contributed by atoms with E-state index in [0.717, 1.165) is 46.1 Å². The van der Waals surface area contributed by atoms with Crippen molar-refractivity contribution in [1.29, 1.82) is 0 Å². The molecule has 1 aliphatic carbocycles. The predicted molar refractivity (Wildman–Crippen MR) is 129 cm³/mol. The molecular weight excluding hydrogens is 430 g/mol. The zero-order valence-electron chi connectivity index (χ0n) is 18.7. The summed E-state index contributed by atoms with van der Waals surface area (Å²) in [5, 5.41) is 20.7. The van der Waals surface area contributed by atoms with E-state index in [1.807, 2.05) is 48.5 Å². The van der Waals surface area contributed by atoms with Gasteiger partial charge >= 0.3 is 5.97 Å². The first-order valence-corrected chi connectivity index (χ1v) is 11.5. The molecule has 0 spiro atoms. The Bertz CT molecular complexity index is 1340. The number of aliphatic carboxylic acids is 1. The average Bonchev–Trinajstić information content (AvgIpc) is 3.60. The van der Waals surface area contributed by atoms with Gasteiger partial charge in [0.05, 0.1) is 6.42 Å². The first-order chi connectivity index (χ1) is 16.5. The lowest BCUT2D eigenvalue weighted by Gasteiger charge is -2.12. The van der Waals surface area contributed by atoms with Crippen molar-refractivity contribution in [3.63, 3.8) is 0 Å². The molecule has 1 fully saturated rings. The van der Waals surface area contributed by atoms with Crippen LogP contribution in [-0.4, -0.2) is 16.2 Å². The molecular formula is C28H27NO5. The number of aliphatic hydroxyl groups is 1. The highest BCUT2D eigenvalue weighted by Crippen LogP contribution is 2.43. The van der Waals surface area contributed by atoms with Gasteiger partial charge in [0.2, 0.25) is 0 Å². The van der Waals surface area contributed by atoms with Gasteiger partial charge in [0, 0.05) is 23.1 Å². The molecule has 1 atom stereocenters. The molecule has 0 amide bonds. The highest BCUT2D eigenvalue weighted by atomic mass is 16.5. The number of benzene rings is 3. The Morgan fingerprint density at radius 3 is 2.65 bits per heavy atom. The van der Waals surface area contributed by atoms with Crippen molar-refractivity contribution in [1.82, 2.24) is 0 Å². The number of para-hydroxylation sites is 1. The molecule has 3 aromatic carbocycles. The maximum Gasteiger partial charge on any atom is 0.307 e. The van der Waals surface area contributed by atoms with Gasteiger partial charge in [-0.15, -0.1) is 0 Å². The number of carboxylic acids is 1. The van der Waals surface area contributed by atoms with Gasteiger partial charge in [-0.25, -0.2) is 0 Å². The zero-order chi connectivity index (χ0) is 23.7. The van der Waals surface area contributed by atoms with E-state index in [1.165, 1.54) is 0 Å². The second-order valence-electron chi connectivity index (χ2n) is 8.86. The molecule has 174 valence electrons. The van der Waals surface area contributed by atoms with E-state index in [1.54, 1.807) is 18.2 Å². The number of aliphatic hydroxyl groups excluding tert-OH is 1. The summed E-state index contributed by atoms with van der Waals surface area (Å²) in [6.45, 7) is 0.700. The minimum absolute atomic E-state index is 0.101. The fraction of sp³-hybridized carbons (Fsp3) is 0.250. The zero-order valence-corrected chi connectivity index (χ0v) is 18.7. The average molecular weight is 458 g/mol. The lowest BCUT2D eigenvalue weighted by atomic mass is 9.99. The monoisotopic (exact) mass is 457 g/mol. The highest BCUT2D eigenvalue weighted by molar-refractivity contribution is 5.93. The minimum atomic E-state index is -0.903. The van der Waals surface area contributed by atoms with Gasteiger partial charge in [0.25, 0.3) is 0 Å². The SMILES string of the molecule is NCc1cccc(-c2cc(COc3ccccc3CC(=O)O)cc3cc(C(O)C4CC4)oc23)c1. The van der Waals surface area contributed by atoms with Gasteiger partial charge in [0.1, 0.15) is 29.8 Å². The fourth-order valence-electron chi connectivity index (χ4n) is 4.30. The number of hydrogen-bond donors (Lipinski definition) is 3. The normalized spacial score (nSPS) is 14.3. The molecule has 0 radical (unpaired) electrons. The minimum Gasteiger partial charge on any atom is -0.489 e. The standard InChI is InChI=1S/C28H27NO5/c29-15-17-4-3-6-20(10-17)23-12-18(16-33-24-7-2-1-5-21(24)14-26(30)31)11-22-13-25(34-28(22)23)27(32)19-8-9-19/h1-7,10-13,19,27,32H,8-9,14-16,29H2,(H,30,31). The second kappa shape index (κ2) is 9.33. The van der Waals surface area contributed by atoms with E-state index in [4.69, 9.17) is 14.9 Å². The summed E-state index contributed by atoms with van der Waals surface area (Å²) in [5.41, 5.74) is 11.0. The van der Waals surface area contributed by atoms with Crippen LogP contribution in [0.2, 0.25) is 0 Å². The molecule has 6 heteroatoms. The Morgan fingerprint density at radius 1 is 1.06 bits per heavy atom. The maximum absolute atomic E-state index is 11.2. The summed E-state index contributed by atoms with van der Waals surface area (Å²) < 4.78 is 12.2. The lowest BCUT2D eigenvalue weighted by Crippen LogP contribution is -2.04. The highest BCUT2D eigenvalue weighted by Gasteiger charge is 2.33. The van der Waals surface area contributed by atoms with Crippen LogP contribution in [0.15, 0.2) is 71.1 Å². The first kappa shape index (κ1) is 22.2. The predicted octanol–water partition coefficient (Wildman–Crippen LogP) is 5.21. The molecule has 1 saturated carbocycles. The van der Waals surface area contributed by atoms with Gasteiger partial charge in [0.15, 0.2) is 0 Å². The number of hydrogen-bond acceptors (Lipinski definition) is 5. The number of nitrogens with two attached hydrogens (primary N) is 1. The van der Waals surface area contributed by atoms with E-state index in [2.05, 4.69) is 0 Å². The van der Waals surface area contributed by atoms with E-state index >= 15 is 0 Å². The van der Waals surface area contributed by atoms with Crippen LogP contribution in [0.4, 0.5) is 0 Å². The quantitative estimate of drug-likeness (QED) is 0.319. The van der Waals surface area contributed by atoms with Gasteiger partial charge in [-0.1, -0.05) is 36.4 Å². The topological polar surface area (TPSA) is 106 Å². The molecule has 5 rings (SSSR count). The summed E-state index contributed by atoms with van der Waals surface area (Å²) in [7, 11) is 0. The number of carboxylic acid groups (broad SMARTS) is 1. The van der Waals surface area contributed by atoms with E-state index in [-0.39, 0.29) is 18.9 Å². The van der Waals surface area contributed by atoms with Gasteiger partial charge in [-0.3, -0.25) is 4.79 Å². The number of carbonyl (C=O) groups is 1. The van der Waals surface area contributed by atoms with Crippen LogP contribution < -0.4 is 10.5 Å². The Balaban J connectivity index is 1.53. The second-order valence-corrected chi connectivity index (χ2v) is 8.86.